The van der Waals surface area contributed by atoms with Crippen LogP contribution in [0.5, 0.6) is 0 Å². The number of carbonyl (C=O) groups excluding carboxylic acids is 2. The third-order valence-corrected chi connectivity index (χ3v) is 4.69. The molecule has 0 radical (unpaired) electrons. The summed E-state index contributed by atoms with van der Waals surface area (Å²) in [6.07, 6.45) is 5.76. The molecule has 0 bridgehead atoms. The molecule has 6 nitrogen and oxygen atoms in total. The van der Waals surface area contributed by atoms with Gasteiger partial charge in [-0.1, -0.05) is 24.3 Å². The van der Waals surface area contributed by atoms with Crippen LogP contribution in [0.2, 0.25) is 0 Å². The number of aldehydes is 1. The fraction of sp³-hybridized carbons (Fsp3) is 0.292. The first-order valence-corrected chi connectivity index (χ1v) is 9.80. The fourth-order valence-electron chi connectivity index (χ4n) is 3.17. The Balaban J connectivity index is 1.84. The van der Waals surface area contributed by atoms with Gasteiger partial charge in [0.05, 0.1) is 5.54 Å². The number of amides is 1. The molecule has 0 spiro atoms. The quantitative estimate of drug-likeness (QED) is 0.459. The van der Waals surface area contributed by atoms with E-state index in [0.717, 1.165) is 34.0 Å². The molecule has 1 amide bonds. The van der Waals surface area contributed by atoms with E-state index in [2.05, 4.69) is 15.3 Å². The monoisotopic (exact) mass is 405 g/mol. The summed E-state index contributed by atoms with van der Waals surface area (Å²) in [5, 5.41) is 3.85. The predicted octanol–water partition coefficient (Wildman–Crippen LogP) is 5.06. The first-order chi connectivity index (χ1) is 14.1. The molecule has 30 heavy (non-hydrogen) atoms. The van der Waals surface area contributed by atoms with E-state index >= 15 is 0 Å². The van der Waals surface area contributed by atoms with Crippen LogP contribution in [0.1, 0.15) is 51.3 Å². The molecule has 0 aliphatic rings. The Kier molecular flexibility index (Phi) is 5.78. The molecule has 1 aromatic carbocycles. The molecule has 0 atom stereocenters. The number of nitrogens with zero attached hydrogens (tertiary/aromatic N) is 1. The summed E-state index contributed by atoms with van der Waals surface area (Å²) in [6.45, 7) is 9.28. The number of H-pyrrole nitrogens is 1. The van der Waals surface area contributed by atoms with E-state index in [1.807, 2.05) is 83.3 Å². The van der Waals surface area contributed by atoms with Crippen molar-refractivity contribution < 1.29 is 14.3 Å². The Morgan fingerprint density at radius 3 is 2.40 bits per heavy atom. The molecule has 3 aromatic rings. The first kappa shape index (κ1) is 21.3. The van der Waals surface area contributed by atoms with Crippen molar-refractivity contribution in [3.8, 4) is 0 Å². The summed E-state index contributed by atoms with van der Waals surface area (Å²) in [5.74, 6) is 0. The number of ether oxygens (including phenoxy) is 1. The largest absolute Gasteiger partial charge is 0.444 e. The van der Waals surface area contributed by atoms with Crippen molar-refractivity contribution in [2.75, 3.05) is 0 Å². The van der Waals surface area contributed by atoms with E-state index in [4.69, 9.17) is 4.74 Å². The Hall–Kier alpha value is -3.41. The van der Waals surface area contributed by atoms with Gasteiger partial charge < -0.3 is 15.0 Å². The molecule has 2 N–H and O–H groups in total. The van der Waals surface area contributed by atoms with Gasteiger partial charge >= 0.3 is 6.09 Å². The maximum absolute atomic E-state index is 12.2. The number of aromatic amines is 1. The number of allylic oxidation sites excluding steroid dienone is 1. The van der Waals surface area contributed by atoms with E-state index < -0.39 is 17.2 Å². The molecule has 6 heteroatoms. The van der Waals surface area contributed by atoms with Crippen LogP contribution < -0.4 is 5.32 Å². The zero-order chi connectivity index (χ0) is 21.9. The molecule has 3 rings (SSSR count). The molecule has 0 saturated heterocycles. The summed E-state index contributed by atoms with van der Waals surface area (Å²) in [4.78, 5) is 31.3. The highest BCUT2D eigenvalue weighted by molar-refractivity contribution is 6.14. The third kappa shape index (κ3) is 4.95. The van der Waals surface area contributed by atoms with Gasteiger partial charge in [-0.3, -0.25) is 4.79 Å². The highest BCUT2D eigenvalue weighted by atomic mass is 16.6. The number of hydrogen-bond donors (Lipinski definition) is 2. The lowest BCUT2D eigenvalue weighted by Crippen LogP contribution is -2.43. The molecular formula is C24H27N3O3. The van der Waals surface area contributed by atoms with Gasteiger partial charge in [0.25, 0.3) is 0 Å². The lowest BCUT2D eigenvalue weighted by molar-refractivity contribution is -0.103. The number of aromatic nitrogens is 2. The second kappa shape index (κ2) is 8.14. The number of hydrogen-bond acceptors (Lipinski definition) is 4. The predicted molar refractivity (Wildman–Crippen MR) is 119 cm³/mol. The highest BCUT2D eigenvalue weighted by Gasteiger charge is 2.26. The average molecular weight is 405 g/mol. The van der Waals surface area contributed by atoms with Gasteiger partial charge in [-0.25, -0.2) is 9.78 Å². The number of rotatable bonds is 5. The SMILES string of the molecule is CC(C)(C)OC(=O)NC(C)(C)c1ccc(/C(C=O)=C/c2ccnc3[nH]ccc23)cc1. The van der Waals surface area contributed by atoms with Gasteiger partial charge in [-0.15, -0.1) is 0 Å². The van der Waals surface area contributed by atoms with Crippen molar-refractivity contribution >= 4 is 35.1 Å². The third-order valence-electron chi connectivity index (χ3n) is 4.69. The van der Waals surface area contributed by atoms with Crippen molar-refractivity contribution in [2.24, 2.45) is 0 Å². The fourth-order valence-corrected chi connectivity index (χ4v) is 3.17. The summed E-state index contributed by atoms with van der Waals surface area (Å²) >= 11 is 0. The van der Waals surface area contributed by atoms with Crippen molar-refractivity contribution in [2.45, 2.75) is 45.8 Å². The van der Waals surface area contributed by atoms with Crippen molar-refractivity contribution in [1.29, 1.82) is 0 Å². The number of alkyl carbamates (subject to hydrolysis) is 1. The topological polar surface area (TPSA) is 84.1 Å². The minimum atomic E-state index is -0.631. The minimum absolute atomic E-state index is 0.474. The van der Waals surface area contributed by atoms with Gasteiger partial charge in [-0.2, -0.15) is 0 Å². The zero-order valence-corrected chi connectivity index (χ0v) is 17.9. The maximum Gasteiger partial charge on any atom is 0.408 e. The van der Waals surface area contributed by atoms with Crippen LogP contribution in [0.15, 0.2) is 48.8 Å². The summed E-state index contributed by atoms with van der Waals surface area (Å²) in [5.41, 5.74) is 2.76. The molecule has 0 saturated carbocycles. The van der Waals surface area contributed by atoms with Crippen molar-refractivity contribution in [1.82, 2.24) is 15.3 Å². The maximum atomic E-state index is 12.2. The second-order valence-corrected chi connectivity index (χ2v) is 8.69. The van der Waals surface area contributed by atoms with Crippen LogP contribution in [0.25, 0.3) is 22.7 Å². The Labute approximate surface area is 176 Å². The highest BCUT2D eigenvalue weighted by Crippen LogP contribution is 2.25. The molecule has 0 aliphatic carbocycles. The minimum Gasteiger partial charge on any atom is -0.444 e. The summed E-state index contributed by atoms with van der Waals surface area (Å²) in [7, 11) is 0. The average Bonchev–Trinajstić information content (AvgIpc) is 3.14. The molecule has 2 heterocycles. The molecule has 156 valence electrons. The Bertz CT molecular complexity index is 1090. The van der Waals surface area contributed by atoms with Crippen molar-refractivity contribution in [3.05, 3.63) is 65.5 Å². The van der Waals surface area contributed by atoms with Crippen LogP contribution in [-0.2, 0) is 15.1 Å². The Morgan fingerprint density at radius 1 is 1.07 bits per heavy atom. The van der Waals surface area contributed by atoms with E-state index in [1.165, 1.54) is 0 Å². The van der Waals surface area contributed by atoms with Crippen LogP contribution in [0.4, 0.5) is 4.79 Å². The van der Waals surface area contributed by atoms with Gasteiger partial charge in [-0.05, 0) is 69.5 Å². The number of benzene rings is 1. The van der Waals surface area contributed by atoms with E-state index in [-0.39, 0.29) is 0 Å². The number of pyridine rings is 1. The number of carbonyl (C=O) groups is 2. The van der Waals surface area contributed by atoms with Gasteiger partial charge in [0.2, 0.25) is 0 Å². The van der Waals surface area contributed by atoms with Crippen LogP contribution in [0.3, 0.4) is 0 Å². The lowest BCUT2D eigenvalue weighted by Gasteiger charge is -2.29. The Morgan fingerprint density at radius 2 is 1.77 bits per heavy atom. The number of nitrogens with one attached hydrogen (secondary N) is 2. The molecule has 0 aliphatic heterocycles. The van der Waals surface area contributed by atoms with Crippen LogP contribution in [0, 0.1) is 0 Å². The van der Waals surface area contributed by atoms with Crippen LogP contribution in [-0.4, -0.2) is 27.9 Å². The van der Waals surface area contributed by atoms with E-state index in [9.17, 15) is 9.59 Å². The zero-order valence-electron chi connectivity index (χ0n) is 17.9. The van der Waals surface area contributed by atoms with Gasteiger partial charge in [0.15, 0.2) is 6.29 Å². The summed E-state index contributed by atoms with van der Waals surface area (Å²) < 4.78 is 5.36. The van der Waals surface area contributed by atoms with Crippen molar-refractivity contribution in [3.63, 3.8) is 0 Å². The molecule has 0 fully saturated rings. The molecular weight excluding hydrogens is 378 g/mol. The van der Waals surface area contributed by atoms with Gasteiger partial charge in [0.1, 0.15) is 11.2 Å². The standard InChI is InChI=1S/C24H27N3O3/c1-23(2,3)30-22(29)27-24(4,5)19-8-6-16(7-9-19)18(15-28)14-17-10-12-25-21-20(17)11-13-26-21/h6-15H,1-5H3,(H,25,26)(H,27,29)/b18-14+. The summed E-state index contributed by atoms with van der Waals surface area (Å²) in [6, 6.07) is 11.4. The van der Waals surface area contributed by atoms with E-state index in [1.54, 1.807) is 6.20 Å². The van der Waals surface area contributed by atoms with E-state index in [0.29, 0.717) is 5.57 Å². The normalized spacial score (nSPS) is 12.6. The van der Waals surface area contributed by atoms with Gasteiger partial charge in [0, 0.05) is 23.4 Å². The van der Waals surface area contributed by atoms with Crippen LogP contribution >= 0.6 is 0 Å². The number of fused-ring (bicyclic) bond motifs is 1. The smallest absolute Gasteiger partial charge is 0.408 e. The molecule has 0 unspecified atom stereocenters. The lowest BCUT2D eigenvalue weighted by atomic mass is 9.92. The first-order valence-electron chi connectivity index (χ1n) is 9.80. The molecule has 2 aromatic heterocycles. The second-order valence-electron chi connectivity index (χ2n) is 8.69.